The minimum atomic E-state index is 0.00931. The fourth-order valence-corrected chi connectivity index (χ4v) is 2.78. The fraction of sp³-hybridized carbons (Fsp3) is 0.500. The summed E-state index contributed by atoms with van der Waals surface area (Å²) in [7, 11) is 2.08. The van der Waals surface area contributed by atoms with Gasteiger partial charge in [-0.1, -0.05) is 12.1 Å². The van der Waals surface area contributed by atoms with Crippen LogP contribution >= 0.6 is 0 Å². The average Bonchev–Trinajstić information content (AvgIpc) is 2.79. The SMILES string of the molecule is CN1CCOC[C@@H](CNC(=O)Cn2cnc3ccccc32)C1. The van der Waals surface area contributed by atoms with Gasteiger partial charge in [-0.3, -0.25) is 4.79 Å². The zero-order valence-corrected chi connectivity index (χ0v) is 12.9. The lowest BCUT2D eigenvalue weighted by Gasteiger charge is -2.19. The third-order valence-corrected chi connectivity index (χ3v) is 3.97. The number of ether oxygens (including phenoxy) is 1. The number of likely N-dealkylation sites (N-methyl/N-ethyl adjacent to an activating group) is 1. The summed E-state index contributed by atoms with van der Waals surface area (Å²) in [6.45, 7) is 4.32. The highest BCUT2D eigenvalue weighted by atomic mass is 16.5. The Morgan fingerprint density at radius 1 is 1.45 bits per heavy atom. The van der Waals surface area contributed by atoms with E-state index in [1.54, 1.807) is 6.33 Å². The Morgan fingerprint density at radius 2 is 2.32 bits per heavy atom. The van der Waals surface area contributed by atoms with E-state index in [4.69, 9.17) is 4.74 Å². The zero-order valence-electron chi connectivity index (χ0n) is 12.9. The molecule has 118 valence electrons. The maximum absolute atomic E-state index is 12.2. The van der Waals surface area contributed by atoms with Crippen molar-refractivity contribution in [3.63, 3.8) is 0 Å². The van der Waals surface area contributed by atoms with Gasteiger partial charge in [0.25, 0.3) is 0 Å². The molecule has 1 aromatic carbocycles. The Hall–Kier alpha value is -1.92. The molecule has 1 amide bonds. The molecule has 0 unspecified atom stereocenters. The second kappa shape index (κ2) is 6.89. The molecule has 1 aromatic heterocycles. The molecule has 1 saturated heterocycles. The Balaban J connectivity index is 1.54. The molecule has 6 nitrogen and oxygen atoms in total. The number of nitrogens with zero attached hydrogens (tertiary/aromatic N) is 3. The van der Waals surface area contributed by atoms with Gasteiger partial charge in [0.1, 0.15) is 6.54 Å². The molecular formula is C16H22N4O2. The molecule has 1 aliphatic heterocycles. The Morgan fingerprint density at radius 3 is 3.23 bits per heavy atom. The van der Waals surface area contributed by atoms with Crippen molar-refractivity contribution in [3.8, 4) is 0 Å². The molecule has 0 saturated carbocycles. The number of amides is 1. The number of para-hydroxylation sites is 2. The van der Waals surface area contributed by atoms with Crippen LogP contribution in [0.15, 0.2) is 30.6 Å². The molecule has 2 aromatic rings. The number of hydrogen-bond donors (Lipinski definition) is 1. The Kier molecular flexibility index (Phi) is 4.70. The van der Waals surface area contributed by atoms with Crippen LogP contribution < -0.4 is 5.32 Å². The maximum Gasteiger partial charge on any atom is 0.240 e. The van der Waals surface area contributed by atoms with Crippen LogP contribution in [-0.4, -0.2) is 60.3 Å². The predicted octanol–water partition coefficient (Wildman–Crippen LogP) is 0.731. The van der Waals surface area contributed by atoms with Crippen molar-refractivity contribution < 1.29 is 9.53 Å². The Labute approximate surface area is 130 Å². The van der Waals surface area contributed by atoms with Crippen LogP contribution in [0.2, 0.25) is 0 Å². The lowest BCUT2D eigenvalue weighted by atomic mass is 10.1. The lowest BCUT2D eigenvalue weighted by molar-refractivity contribution is -0.121. The van der Waals surface area contributed by atoms with Crippen LogP contribution in [-0.2, 0) is 16.1 Å². The molecule has 0 spiro atoms. The molecule has 6 heteroatoms. The van der Waals surface area contributed by atoms with E-state index in [1.165, 1.54) is 0 Å². The zero-order chi connectivity index (χ0) is 15.4. The highest BCUT2D eigenvalue weighted by molar-refractivity contribution is 5.80. The van der Waals surface area contributed by atoms with E-state index in [0.717, 1.165) is 30.7 Å². The molecule has 2 heterocycles. The van der Waals surface area contributed by atoms with Crippen LogP contribution in [0.4, 0.5) is 0 Å². The number of carbonyl (C=O) groups is 1. The van der Waals surface area contributed by atoms with Gasteiger partial charge in [0.2, 0.25) is 5.91 Å². The number of benzene rings is 1. The van der Waals surface area contributed by atoms with Crippen LogP contribution in [0, 0.1) is 5.92 Å². The molecule has 0 radical (unpaired) electrons. The summed E-state index contributed by atoms with van der Waals surface area (Å²) >= 11 is 0. The molecule has 1 N–H and O–H groups in total. The van der Waals surface area contributed by atoms with Crippen LogP contribution in [0.25, 0.3) is 11.0 Å². The van der Waals surface area contributed by atoms with E-state index < -0.39 is 0 Å². The number of hydrogen-bond acceptors (Lipinski definition) is 4. The van der Waals surface area contributed by atoms with Gasteiger partial charge in [-0.15, -0.1) is 0 Å². The first-order chi connectivity index (χ1) is 10.7. The number of fused-ring (bicyclic) bond motifs is 1. The van der Waals surface area contributed by atoms with Crippen molar-refractivity contribution in [3.05, 3.63) is 30.6 Å². The van der Waals surface area contributed by atoms with Gasteiger partial charge in [0.05, 0.1) is 30.6 Å². The second-order valence-corrected chi connectivity index (χ2v) is 5.87. The summed E-state index contributed by atoms with van der Waals surface area (Å²) in [5, 5.41) is 3.01. The van der Waals surface area contributed by atoms with Crippen molar-refractivity contribution in [1.82, 2.24) is 19.8 Å². The van der Waals surface area contributed by atoms with E-state index in [-0.39, 0.29) is 5.91 Å². The standard InChI is InChI=1S/C16H22N4O2/c1-19-6-7-22-11-13(9-19)8-17-16(21)10-20-12-18-14-4-2-3-5-15(14)20/h2-5,12-13H,6-11H2,1H3,(H,17,21)/t13-/m0/s1. The quantitative estimate of drug-likeness (QED) is 0.904. The van der Waals surface area contributed by atoms with Gasteiger partial charge in [0, 0.05) is 25.6 Å². The van der Waals surface area contributed by atoms with Gasteiger partial charge in [-0.05, 0) is 19.2 Å². The molecule has 22 heavy (non-hydrogen) atoms. The van der Waals surface area contributed by atoms with E-state index in [9.17, 15) is 4.79 Å². The molecule has 1 atom stereocenters. The summed E-state index contributed by atoms with van der Waals surface area (Å²) in [5.74, 6) is 0.353. The minimum Gasteiger partial charge on any atom is -0.380 e. The number of imidazole rings is 1. The summed E-state index contributed by atoms with van der Waals surface area (Å²) < 4.78 is 7.44. The third-order valence-electron chi connectivity index (χ3n) is 3.97. The van der Waals surface area contributed by atoms with Crippen molar-refractivity contribution in [2.24, 2.45) is 5.92 Å². The van der Waals surface area contributed by atoms with E-state index in [1.807, 2.05) is 28.8 Å². The van der Waals surface area contributed by atoms with Crippen molar-refractivity contribution in [2.45, 2.75) is 6.54 Å². The third kappa shape index (κ3) is 3.64. The maximum atomic E-state index is 12.2. The van der Waals surface area contributed by atoms with E-state index in [2.05, 4.69) is 22.2 Å². The fourth-order valence-electron chi connectivity index (χ4n) is 2.78. The van der Waals surface area contributed by atoms with Gasteiger partial charge < -0.3 is 19.5 Å². The lowest BCUT2D eigenvalue weighted by Crippen LogP contribution is -2.37. The first-order valence-electron chi connectivity index (χ1n) is 7.65. The topological polar surface area (TPSA) is 59.4 Å². The highest BCUT2D eigenvalue weighted by Gasteiger charge is 2.17. The first kappa shape index (κ1) is 15.0. The number of rotatable bonds is 4. The first-order valence-corrected chi connectivity index (χ1v) is 7.65. The van der Waals surface area contributed by atoms with E-state index >= 15 is 0 Å². The average molecular weight is 302 g/mol. The molecule has 0 bridgehead atoms. The summed E-state index contributed by atoms with van der Waals surface area (Å²) in [4.78, 5) is 18.7. The number of aromatic nitrogens is 2. The molecule has 3 rings (SSSR count). The predicted molar refractivity (Wildman–Crippen MR) is 84.5 cm³/mol. The number of nitrogens with one attached hydrogen (secondary N) is 1. The summed E-state index contributed by atoms with van der Waals surface area (Å²) in [6, 6.07) is 7.82. The highest BCUT2D eigenvalue weighted by Crippen LogP contribution is 2.11. The van der Waals surface area contributed by atoms with Gasteiger partial charge >= 0.3 is 0 Å². The summed E-state index contributed by atoms with van der Waals surface area (Å²) in [5.41, 5.74) is 1.89. The van der Waals surface area contributed by atoms with Crippen LogP contribution in [0.1, 0.15) is 0 Å². The van der Waals surface area contributed by atoms with E-state index in [0.29, 0.717) is 25.6 Å². The van der Waals surface area contributed by atoms with Gasteiger partial charge in [0.15, 0.2) is 0 Å². The normalized spacial score (nSPS) is 20.0. The molecule has 1 fully saturated rings. The second-order valence-electron chi connectivity index (χ2n) is 5.87. The van der Waals surface area contributed by atoms with Crippen molar-refractivity contribution >= 4 is 16.9 Å². The van der Waals surface area contributed by atoms with Gasteiger partial charge in [-0.2, -0.15) is 0 Å². The molecular weight excluding hydrogens is 280 g/mol. The molecule has 0 aliphatic carbocycles. The van der Waals surface area contributed by atoms with Crippen LogP contribution in [0.5, 0.6) is 0 Å². The Bertz CT molecular complexity index is 640. The monoisotopic (exact) mass is 302 g/mol. The van der Waals surface area contributed by atoms with Crippen molar-refractivity contribution in [2.75, 3.05) is 39.9 Å². The van der Waals surface area contributed by atoms with Crippen LogP contribution in [0.3, 0.4) is 0 Å². The molecule has 1 aliphatic rings. The smallest absolute Gasteiger partial charge is 0.240 e. The minimum absolute atomic E-state index is 0.00931. The number of carbonyl (C=O) groups excluding carboxylic acids is 1. The summed E-state index contributed by atoms with van der Waals surface area (Å²) in [6.07, 6.45) is 1.72. The largest absolute Gasteiger partial charge is 0.380 e. The van der Waals surface area contributed by atoms with Gasteiger partial charge in [-0.25, -0.2) is 4.98 Å². The van der Waals surface area contributed by atoms with Crippen molar-refractivity contribution in [1.29, 1.82) is 0 Å².